The molecule has 1 fully saturated rings. The van der Waals surface area contributed by atoms with Crippen molar-refractivity contribution in [3.8, 4) is 23.0 Å². The highest BCUT2D eigenvalue weighted by molar-refractivity contribution is 5.81. The summed E-state index contributed by atoms with van der Waals surface area (Å²) in [4.78, 5) is 25.5. The standard InChI is InChI=1S/C32H40O8/c1-20(34)40-25(11-7-21-8-12-29(36)32(15-21)39-14-13-33)17-24(35)18-28-26-6-4-3-5-22(26)9-10-23-16-30(37)31(38-2)19-27(23)28/h8-10,12,15-16,19,22,25-26,28,33,36-37H,3-7,11,13-14,17-18H2,1-2H3. The van der Waals surface area contributed by atoms with Gasteiger partial charge in [0.05, 0.1) is 13.7 Å². The van der Waals surface area contributed by atoms with Gasteiger partial charge in [-0.1, -0.05) is 31.1 Å². The Balaban J connectivity index is 1.50. The van der Waals surface area contributed by atoms with Crippen molar-refractivity contribution in [2.24, 2.45) is 11.8 Å². The first kappa shape index (κ1) is 29.5. The van der Waals surface area contributed by atoms with Crippen molar-refractivity contribution in [2.75, 3.05) is 20.3 Å². The summed E-state index contributed by atoms with van der Waals surface area (Å²) < 4.78 is 16.4. The third kappa shape index (κ3) is 7.36. The van der Waals surface area contributed by atoms with Gasteiger partial charge in [-0.25, -0.2) is 0 Å². The van der Waals surface area contributed by atoms with Crippen LogP contribution in [0.5, 0.6) is 23.0 Å². The molecular formula is C32H40O8. The molecule has 2 aromatic carbocycles. The zero-order valence-electron chi connectivity index (χ0n) is 23.3. The zero-order valence-corrected chi connectivity index (χ0v) is 23.3. The van der Waals surface area contributed by atoms with Crippen LogP contribution in [-0.4, -0.2) is 53.5 Å². The van der Waals surface area contributed by atoms with E-state index in [0.717, 1.165) is 42.4 Å². The summed E-state index contributed by atoms with van der Waals surface area (Å²) in [6.45, 7) is 1.24. The van der Waals surface area contributed by atoms with E-state index in [1.807, 2.05) is 6.07 Å². The Morgan fingerprint density at radius 3 is 2.60 bits per heavy atom. The Morgan fingerprint density at radius 2 is 1.85 bits per heavy atom. The summed E-state index contributed by atoms with van der Waals surface area (Å²) in [7, 11) is 1.52. The second-order valence-electron chi connectivity index (χ2n) is 10.8. The first-order valence-corrected chi connectivity index (χ1v) is 14.1. The number of aliphatic hydroxyl groups is 1. The minimum Gasteiger partial charge on any atom is -0.504 e. The lowest BCUT2D eigenvalue weighted by atomic mass is 9.69. The van der Waals surface area contributed by atoms with E-state index in [1.165, 1.54) is 20.1 Å². The van der Waals surface area contributed by atoms with Gasteiger partial charge in [0.1, 0.15) is 18.5 Å². The van der Waals surface area contributed by atoms with Crippen LogP contribution in [0.2, 0.25) is 0 Å². The molecule has 3 N–H and O–H groups in total. The van der Waals surface area contributed by atoms with Gasteiger partial charge in [-0.2, -0.15) is 0 Å². The number of hydrogen-bond donors (Lipinski definition) is 3. The van der Waals surface area contributed by atoms with E-state index in [0.29, 0.717) is 36.8 Å². The number of aryl methyl sites for hydroxylation is 1. The lowest BCUT2D eigenvalue weighted by Crippen LogP contribution is -2.27. The SMILES string of the molecule is COc1cc2c(cc1O)C=CC1CCCCC1C2CC(=O)CC(CCc1ccc(O)c(OCCO)c1)OC(C)=O. The molecule has 2 aromatic rings. The number of carbonyl (C=O) groups excluding carboxylic acids is 2. The molecule has 2 aliphatic carbocycles. The van der Waals surface area contributed by atoms with Crippen LogP contribution in [0.25, 0.3) is 6.08 Å². The molecule has 8 nitrogen and oxygen atoms in total. The van der Waals surface area contributed by atoms with Gasteiger partial charge in [-0.15, -0.1) is 0 Å². The predicted octanol–water partition coefficient (Wildman–Crippen LogP) is 5.31. The van der Waals surface area contributed by atoms with E-state index in [-0.39, 0.29) is 48.6 Å². The number of aromatic hydroxyl groups is 2. The second-order valence-corrected chi connectivity index (χ2v) is 10.8. The van der Waals surface area contributed by atoms with Gasteiger partial charge in [-0.3, -0.25) is 9.59 Å². The molecule has 8 heteroatoms. The van der Waals surface area contributed by atoms with E-state index in [9.17, 15) is 19.8 Å². The van der Waals surface area contributed by atoms with Crippen molar-refractivity contribution in [1.82, 2.24) is 0 Å². The molecule has 2 aliphatic rings. The Hall–Kier alpha value is -3.52. The lowest BCUT2D eigenvalue weighted by molar-refractivity contribution is -0.147. The fraction of sp³-hybridized carbons (Fsp3) is 0.500. The summed E-state index contributed by atoms with van der Waals surface area (Å²) >= 11 is 0. The number of aliphatic hydroxyl groups excluding tert-OH is 1. The van der Waals surface area contributed by atoms with Gasteiger partial charge >= 0.3 is 5.97 Å². The third-order valence-electron chi connectivity index (χ3n) is 8.06. The van der Waals surface area contributed by atoms with Crippen molar-refractivity contribution in [3.63, 3.8) is 0 Å². The van der Waals surface area contributed by atoms with Crippen LogP contribution in [0.1, 0.15) is 74.5 Å². The molecule has 4 rings (SSSR count). The number of Topliss-reactive ketones (excluding diaryl/α,β-unsaturated/α-hetero) is 1. The number of hydrogen-bond acceptors (Lipinski definition) is 8. The number of ketones is 1. The minimum atomic E-state index is -0.583. The largest absolute Gasteiger partial charge is 0.504 e. The van der Waals surface area contributed by atoms with Crippen LogP contribution < -0.4 is 9.47 Å². The molecule has 0 aliphatic heterocycles. The highest BCUT2D eigenvalue weighted by Crippen LogP contribution is 2.48. The first-order chi connectivity index (χ1) is 19.3. The molecule has 1 saturated carbocycles. The number of rotatable bonds is 12. The lowest BCUT2D eigenvalue weighted by Gasteiger charge is -2.35. The van der Waals surface area contributed by atoms with Gasteiger partial charge in [0, 0.05) is 19.8 Å². The third-order valence-corrected chi connectivity index (χ3v) is 8.06. The maximum Gasteiger partial charge on any atom is 0.302 e. The normalized spacial score (nSPS) is 20.5. The molecule has 4 atom stereocenters. The highest BCUT2D eigenvalue weighted by atomic mass is 16.5. The average Bonchev–Trinajstić information content (AvgIpc) is 3.07. The number of methoxy groups -OCH3 is 1. The Labute approximate surface area is 235 Å². The topological polar surface area (TPSA) is 123 Å². The van der Waals surface area contributed by atoms with Crippen molar-refractivity contribution >= 4 is 17.8 Å². The van der Waals surface area contributed by atoms with Crippen LogP contribution in [0.4, 0.5) is 0 Å². The highest BCUT2D eigenvalue weighted by Gasteiger charge is 2.36. The number of phenolic OH excluding ortho intramolecular Hbond substituents is 2. The Kier molecular flexibility index (Phi) is 10.1. The Bertz CT molecular complexity index is 1220. The van der Waals surface area contributed by atoms with Crippen LogP contribution in [0.3, 0.4) is 0 Å². The number of carbonyl (C=O) groups is 2. The van der Waals surface area contributed by atoms with Crippen molar-refractivity contribution in [1.29, 1.82) is 0 Å². The van der Waals surface area contributed by atoms with Gasteiger partial charge < -0.3 is 29.5 Å². The van der Waals surface area contributed by atoms with E-state index in [4.69, 9.17) is 19.3 Å². The molecule has 0 spiro atoms. The van der Waals surface area contributed by atoms with Gasteiger partial charge in [0.15, 0.2) is 23.0 Å². The molecule has 0 bridgehead atoms. The quantitative estimate of drug-likeness (QED) is 0.303. The molecule has 0 aromatic heterocycles. The molecule has 40 heavy (non-hydrogen) atoms. The number of ether oxygens (including phenoxy) is 3. The molecule has 0 heterocycles. The number of phenols is 2. The summed E-state index contributed by atoms with van der Waals surface area (Å²) in [5.41, 5.74) is 2.78. The maximum atomic E-state index is 13.6. The van der Waals surface area contributed by atoms with Crippen LogP contribution in [0, 0.1) is 11.8 Å². The number of benzene rings is 2. The van der Waals surface area contributed by atoms with Crippen LogP contribution in [0.15, 0.2) is 36.4 Å². The van der Waals surface area contributed by atoms with Crippen molar-refractivity contribution < 1.29 is 39.1 Å². The van der Waals surface area contributed by atoms with Crippen LogP contribution in [-0.2, 0) is 20.7 Å². The van der Waals surface area contributed by atoms with Gasteiger partial charge in [0.25, 0.3) is 0 Å². The Morgan fingerprint density at radius 1 is 1.05 bits per heavy atom. The van der Waals surface area contributed by atoms with E-state index < -0.39 is 12.1 Å². The fourth-order valence-corrected chi connectivity index (χ4v) is 6.21. The molecule has 0 saturated heterocycles. The number of fused-ring (bicyclic) bond motifs is 2. The predicted molar refractivity (Wildman–Crippen MR) is 151 cm³/mol. The molecule has 4 unspecified atom stereocenters. The molecule has 0 amide bonds. The van der Waals surface area contributed by atoms with Crippen molar-refractivity contribution in [3.05, 3.63) is 53.1 Å². The number of allylic oxidation sites excluding steroid dienone is 1. The van der Waals surface area contributed by atoms with Crippen LogP contribution >= 0.6 is 0 Å². The molecule has 216 valence electrons. The maximum absolute atomic E-state index is 13.6. The van der Waals surface area contributed by atoms with Crippen molar-refractivity contribution in [2.45, 2.75) is 70.3 Å². The smallest absolute Gasteiger partial charge is 0.302 e. The number of esters is 1. The monoisotopic (exact) mass is 552 g/mol. The fourth-order valence-electron chi connectivity index (χ4n) is 6.21. The first-order valence-electron chi connectivity index (χ1n) is 14.1. The summed E-state index contributed by atoms with van der Waals surface area (Å²) in [6, 6.07) is 8.57. The minimum absolute atomic E-state index is 0.0203. The summed E-state index contributed by atoms with van der Waals surface area (Å²) in [6.07, 6.45) is 9.49. The van der Waals surface area contributed by atoms with E-state index in [1.54, 1.807) is 18.2 Å². The van der Waals surface area contributed by atoms with E-state index >= 15 is 0 Å². The van der Waals surface area contributed by atoms with Gasteiger partial charge in [0.2, 0.25) is 0 Å². The second kappa shape index (κ2) is 13.7. The van der Waals surface area contributed by atoms with E-state index in [2.05, 4.69) is 12.2 Å². The molecular weight excluding hydrogens is 512 g/mol. The average molecular weight is 553 g/mol. The summed E-state index contributed by atoms with van der Waals surface area (Å²) in [5.74, 6) is 0.967. The summed E-state index contributed by atoms with van der Waals surface area (Å²) in [5, 5.41) is 29.4. The zero-order chi connectivity index (χ0) is 28.6. The molecule has 0 radical (unpaired) electrons. The van der Waals surface area contributed by atoms with Gasteiger partial charge in [-0.05, 0) is 84.4 Å².